The highest BCUT2D eigenvalue weighted by Gasteiger charge is 2.44. The van der Waals surface area contributed by atoms with Crippen LogP contribution in [0.25, 0.3) is 0 Å². The van der Waals surface area contributed by atoms with Crippen molar-refractivity contribution < 1.29 is 0 Å². The molecule has 0 unspecified atom stereocenters. The van der Waals surface area contributed by atoms with Gasteiger partial charge in [-0.2, -0.15) is 0 Å². The maximum Gasteiger partial charge on any atom is 0.0595 e. The summed E-state index contributed by atoms with van der Waals surface area (Å²) in [6.07, 6.45) is 5.33. The molecular weight excluding hydrogens is 253 g/mol. The van der Waals surface area contributed by atoms with Gasteiger partial charge in [0.25, 0.3) is 0 Å². The summed E-state index contributed by atoms with van der Waals surface area (Å²) in [4.78, 5) is 0. The molecule has 2 aliphatic rings. The number of hydrogen-bond acceptors (Lipinski definition) is 1. The lowest BCUT2D eigenvalue weighted by molar-refractivity contribution is 0.0604. The summed E-state index contributed by atoms with van der Waals surface area (Å²) in [6.45, 7) is 2.38. The van der Waals surface area contributed by atoms with Gasteiger partial charge in [0.05, 0.1) is 10.0 Å². The monoisotopic (exact) mass is 269 g/mol. The molecule has 1 N–H and O–H groups in total. The first-order chi connectivity index (χ1) is 8.19. The van der Waals surface area contributed by atoms with E-state index in [4.69, 9.17) is 23.2 Å². The Morgan fingerprint density at radius 1 is 1.06 bits per heavy atom. The number of hydrogen-bond donors (Lipinski definition) is 1. The molecule has 1 aliphatic heterocycles. The van der Waals surface area contributed by atoms with Crippen molar-refractivity contribution in [3.63, 3.8) is 0 Å². The lowest BCUT2D eigenvalue weighted by Gasteiger charge is -2.50. The first-order valence-corrected chi connectivity index (χ1v) is 7.10. The Bertz CT molecular complexity index is 416. The molecule has 1 heterocycles. The molecule has 1 spiro atoms. The van der Waals surface area contributed by atoms with E-state index in [1.807, 2.05) is 12.1 Å². The van der Waals surface area contributed by atoms with Gasteiger partial charge in [0, 0.05) is 0 Å². The fourth-order valence-corrected chi connectivity index (χ4v) is 3.66. The van der Waals surface area contributed by atoms with Gasteiger partial charge in [0.1, 0.15) is 0 Å². The highest BCUT2D eigenvalue weighted by molar-refractivity contribution is 6.42. The van der Waals surface area contributed by atoms with E-state index in [0.29, 0.717) is 21.4 Å². The topological polar surface area (TPSA) is 12.0 Å². The van der Waals surface area contributed by atoms with E-state index in [9.17, 15) is 0 Å². The zero-order chi connectivity index (χ0) is 11.9. The van der Waals surface area contributed by atoms with Crippen molar-refractivity contribution in [2.75, 3.05) is 13.1 Å². The predicted molar refractivity (Wildman–Crippen MR) is 73.0 cm³/mol. The second-order valence-electron chi connectivity index (χ2n) is 5.53. The summed E-state index contributed by atoms with van der Waals surface area (Å²) in [5, 5.41) is 4.79. The van der Waals surface area contributed by atoms with Crippen LogP contribution in [0.3, 0.4) is 0 Å². The highest BCUT2D eigenvalue weighted by atomic mass is 35.5. The molecule has 1 saturated heterocycles. The summed E-state index contributed by atoms with van der Waals surface area (Å²) in [5.41, 5.74) is 1.99. The first-order valence-electron chi connectivity index (χ1n) is 6.34. The largest absolute Gasteiger partial charge is 0.317 e. The average Bonchev–Trinajstić information content (AvgIpc) is 2.31. The van der Waals surface area contributed by atoms with Crippen LogP contribution in [0.15, 0.2) is 18.2 Å². The molecule has 1 nitrogen and oxygen atoms in total. The summed E-state index contributed by atoms with van der Waals surface area (Å²) in [6, 6.07) is 6.10. The van der Waals surface area contributed by atoms with Gasteiger partial charge in [-0.05, 0) is 67.8 Å². The van der Waals surface area contributed by atoms with Gasteiger partial charge in [-0.3, -0.25) is 0 Å². The highest BCUT2D eigenvalue weighted by Crippen LogP contribution is 2.56. The third-order valence-electron chi connectivity index (χ3n) is 4.44. The van der Waals surface area contributed by atoms with Crippen LogP contribution >= 0.6 is 23.2 Å². The van der Waals surface area contributed by atoms with Crippen molar-refractivity contribution in [3.8, 4) is 0 Å². The summed E-state index contributed by atoms with van der Waals surface area (Å²) in [5.74, 6) is 0.697. The molecule has 0 radical (unpaired) electrons. The zero-order valence-electron chi connectivity index (χ0n) is 9.81. The van der Waals surface area contributed by atoms with Crippen molar-refractivity contribution >= 4 is 23.2 Å². The molecule has 1 aromatic rings. The van der Waals surface area contributed by atoms with Gasteiger partial charge in [-0.15, -0.1) is 0 Å². The molecule has 0 aromatic heterocycles. The van der Waals surface area contributed by atoms with Crippen LogP contribution in [0.1, 0.15) is 37.2 Å². The molecule has 3 rings (SSSR count). The van der Waals surface area contributed by atoms with E-state index in [-0.39, 0.29) is 0 Å². The minimum atomic E-state index is 0.627. The molecule has 0 bridgehead atoms. The van der Waals surface area contributed by atoms with Crippen molar-refractivity contribution in [2.45, 2.75) is 31.6 Å². The number of piperidine rings is 1. The third kappa shape index (κ3) is 2.21. The Morgan fingerprint density at radius 3 is 2.41 bits per heavy atom. The molecule has 1 aromatic carbocycles. The van der Waals surface area contributed by atoms with E-state index in [1.54, 1.807) is 0 Å². The Hall–Kier alpha value is -0.240. The summed E-state index contributed by atoms with van der Waals surface area (Å²) in [7, 11) is 0. The second kappa shape index (κ2) is 4.46. The lowest BCUT2D eigenvalue weighted by Crippen LogP contribution is -2.44. The quantitative estimate of drug-likeness (QED) is 0.804. The molecular formula is C14H17Cl2N. The van der Waals surface area contributed by atoms with E-state index in [1.165, 1.54) is 44.3 Å². The Morgan fingerprint density at radius 2 is 1.76 bits per heavy atom. The summed E-state index contributed by atoms with van der Waals surface area (Å²) < 4.78 is 0. The molecule has 92 valence electrons. The second-order valence-corrected chi connectivity index (χ2v) is 6.34. The van der Waals surface area contributed by atoms with Crippen molar-refractivity contribution in [1.29, 1.82) is 0 Å². The van der Waals surface area contributed by atoms with Crippen LogP contribution in [0, 0.1) is 5.41 Å². The Balaban J connectivity index is 1.70. The van der Waals surface area contributed by atoms with E-state index in [0.717, 1.165) is 0 Å². The van der Waals surface area contributed by atoms with Crippen LogP contribution in [0.4, 0.5) is 0 Å². The van der Waals surface area contributed by atoms with Crippen LogP contribution in [0.2, 0.25) is 10.0 Å². The SMILES string of the molecule is Clc1ccc(C2CC3(CCNCC3)C2)cc1Cl. The molecule has 0 atom stereocenters. The molecule has 1 aliphatic carbocycles. The van der Waals surface area contributed by atoms with Gasteiger partial charge in [0.15, 0.2) is 0 Å². The maximum atomic E-state index is 6.07. The van der Waals surface area contributed by atoms with Gasteiger partial charge in [-0.25, -0.2) is 0 Å². The van der Waals surface area contributed by atoms with E-state index >= 15 is 0 Å². The smallest absolute Gasteiger partial charge is 0.0595 e. The number of rotatable bonds is 1. The standard InChI is InChI=1S/C14H17Cl2N/c15-12-2-1-10(7-13(12)16)11-8-14(9-11)3-5-17-6-4-14/h1-2,7,11,17H,3-6,8-9H2. The van der Waals surface area contributed by atoms with Gasteiger partial charge < -0.3 is 5.32 Å². The fraction of sp³-hybridized carbons (Fsp3) is 0.571. The maximum absolute atomic E-state index is 6.07. The van der Waals surface area contributed by atoms with E-state index in [2.05, 4.69) is 11.4 Å². The molecule has 17 heavy (non-hydrogen) atoms. The predicted octanol–water partition coefficient (Wildman–Crippen LogP) is 4.24. The van der Waals surface area contributed by atoms with Gasteiger partial charge in [-0.1, -0.05) is 29.3 Å². The van der Waals surface area contributed by atoms with Crippen LogP contribution in [-0.4, -0.2) is 13.1 Å². The lowest BCUT2D eigenvalue weighted by atomic mass is 9.56. The first kappa shape index (κ1) is 11.8. The van der Waals surface area contributed by atoms with Crippen molar-refractivity contribution in [2.24, 2.45) is 5.41 Å². The Labute approximate surface area is 112 Å². The Kier molecular flexibility index (Phi) is 3.10. The van der Waals surface area contributed by atoms with Crippen LogP contribution < -0.4 is 5.32 Å². The summed E-state index contributed by atoms with van der Waals surface area (Å²) >= 11 is 12.0. The molecule has 1 saturated carbocycles. The minimum absolute atomic E-state index is 0.627. The van der Waals surface area contributed by atoms with E-state index < -0.39 is 0 Å². The minimum Gasteiger partial charge on any atom is -0.317 e. The van der Waals surface area contributed by atoms with Crippen molar-refractivity contribution in [1.82, 2.24) is 5.32 Å². The van der Waals surface area contributed by atoms with Crippen LogP contribution in [-0.2, 0) is 0 Å². The zero-order valence-corrected chi connectivity index (χ0v) is 11.3. The molecule has 3 heteroatoms. The van der Waals surface area contributed by atoms with Crippen molar-refractivity contribution in [3.05, 3.63) is 33.8 Å². The third-order valence-corrected chi connectivity index (χ3v) is 5.18. The normalized spacial score (nSPS) is 23.6. The van der Waals surface area contributed by atoms with Gasteiger partial charge in [0.2, 0.25) is 0 Å². The molecule has 0 amide bonds. The van der Waals surface area contributed by atoms with Gasteiger partial charge >= 0.3 is 0 Å². The number of halogens is 2. The number of benzene rings is 1. The van der Waals surface area contributed by atoms with Crippen LogP contribution in [0.5, 0.6) is 0 Å². The average molecular weight is 270 g/mol. The number of nitrogens with one attached hydrogen (secondary N) is 1. The fourth-order valence-electron chi connectivity index (χ4n) is 3.35. The molecule has 2 fully saturated rings.